The van der Waals surface area contributed by atoms with Crippen LogP contribution in [-0.2, 0) is 9.59 Å². The predicted molar refractivity (Wildman–Crippen MR) is 61.6 cm³/mol. The van der Waals surface area contributed by atoms with Gasteiger partial charge in [0.15, 0.2) is 0 Å². The van der Waals surface area contributed by atoms with Gasteiger partial charge in [0.25, 0.3) is 0 Å². The number of nitrogens with zero attached hydrogens (tertiary/aromatic N) is 1. The highest BCUT2D eigenvalue weighted by Gasteiger charge is 2.38. The molecule has 2 rings (SSSR count). The highest BCUT2D eigenvalue weighted by Crippen LogP contribution is 2.37. The van der Waals surface area contributed by atoms with Crippen molar-refractivity contribution in [2.24, 2.45) is 0 Å². The van der Waals surface area contributed by atoms with E-state index >= 15 is 0 Å². The maximum absolute atomic E-state index is 11.8. The molecule has 84 valence electrons. The molecule has 16 heavy (non-hydrogen) atoms. The molecule has 0 aliphatic carbocycles. The molecular weight excluding hydrogens is 249 g/mol. The van der Waals surface area contributed by atoms with Gasteiger partial charge in [-0.05, 0) is 12.1 Å². The van der Waals surface area contributed by atoms with E-state index in [0.29, 0.717) is 15.6 Å². The van der Waals surface area contributed by atoms with Crippen LogP contribution in [0.2, 0.25) is 10.0 Å². The predicted octanol–water partition coefficient (Wildman–Crippen LogP) is 2.47. The minimum absolute atomic E-state index is 0.138. The monoisotopic (exact) mass is 257 g/mol. The second-order valence-corrected chi connectivity index (χ2v) is 4.50. The van der Waals surface area contributed by atoms with Crippen LogP contribution in [0.4, 0.5) is 0 Å². The molecule has 1 atom stereocenters. The van der Waals surface area contributed by atoms with E-state index in [4.69, 9.17) is 23.2 Å². The van der Waals surface area contributed by atoms with Crippen LogP contribution in [0.15, 0.2) is 18.2 Å². The van der Waals surface area contributed by atoms with Crippen LogP contribution in [0.1, 0.15) is 17.9 Å². The first-order chi connectivity index (χ1) is 7.52. The number of hydrogen-bond acceptors (Lipinski definition) is 2. The Hall–Kier alpha value is -1.06. The van der Waals surface area contributed by atoms with Gasteiger partial charge in [-0.3, -0.25) is 14.5 Å². The van der Waals surface area contributed by atoms with E-state index in [9.17, 15) is 9.59 Å². The SMILES string of the molecule is CN1C(=O)CC(c2c(Cl)cccc2Cl)C1=O. The number of benzene rings is 1. The zero-order valence-electron chi connectivity index (χ0n) is 8.54. The molecule has 1 unspecified atom stereocenters. The second kappa shape index (κ2) is 4.07. The lowest BCUT2D eigenvalue weighted by Gasteiger charge is -2.12. The van der Waals surface area contributed by atoms with Gasteiger partial charge in [-0.25, -0.2) is 0 Å². The summed E-state index contributed by atoms with van der Waals surface area (Å²) in [6, 6.07) is 5.04. The summed E-state index contributed by atoms with van der Waals surface area (Å²) < 4.78 is 0. The van der Waals surface area contributed by atoms with Gasteiger partial charge < -0.3 is 0 Å². The van der Waals surface area contributed by atoms with Crippen LogP contribution < -0.4 is 0 Å². The average molecular weight is 258 g/mol. The lowest BCUT2D eigenvalue weighted by Crippen LogP contribution is -2.25. The molecular formula is C11H9Cl2NO2. The quantitative estimate of drug-likeness (QED) is 0.725. The first-order valence-electron chi connectivity index (χ1n) is 4.76. The topological polar surface area (TPSA) is 37.4 Å². The van der Waals surface area contributed by atoms with Crippen LogP contribution in [-0.4, -0.2) is 23.8 Å². The van der Waals surface area contributed by atoms with Crippen molar-refractivity contribution in [2.45, 2.75) is 12.3 Å². The molecule has 0 saturated carbocycles. The zero-order valence-corrected chi connectivity index (χ0v) is 10.0. The molecule has 1 saturated heterocycles. The maximum Gasteiger partial charge on any atom is 0.237 e. The molecule has 1 aromatic rings. The Morgan fingerprint density at radius 2 is 1.81 bits per heavy atom. The number of carbonyl (C=O) groups is 2. The van der Waals surface area contributed by atoms with Crippen molar-refractivity contribution >= 4 is 35.0 Å². The van der Waals surface area contributed by atoms with Crippen LogP contribution in [0.25, 0.3) is 0 Å². The number of carbonyl (C=O) groups excluding carboxylic acids is 2. The van der Waals surface area contributed by atoms with E-state index in [2.05, 4.69) is 0 Å². The van der Waals surface area contributed by atoms with Crippen LogP contribution in [0, 0.1) is 0 Å². The number of imide groups is 1. The van der Waals surface area contributed by atoms with Crippen molar-refractivity contribution in [2.75, 3.05) is 7.05 Å². The second-order valence-electron chi connectivity index (χ2n) is 3.68. The third-order valence-electron chi connectivity index (χ3n) is 2.73. The summed E-state index contributed by atoms with van der Waals surface area (Å²) in [6.45, 7) is 0. The molecule has 0 radical (unpaired) electrons. The van der Waals surface area contributed by atoms with E-state index in [1.807, 2.05) is 0 Å². The van der Waals surface area contributed by atoms with E-state index in [-0.39, 0.29) is 18.2 Å². The molecule has 0 N–H and O–H groups in total. The average Bonchev–Trinajstić information content (AvgIpc) is 2.47. The molecule has 0 spiro atoms. The largest absolute Gasteiger partial charge is 0.285 e. The molecule has 1 aliphatic heterocycles. The highest BCUT2D eigenvalue weighted by molar-refractivity contribution is 6.36. The van der Waals surface area contributed by atoms with Gasteiger partial charge in [-0.2, -0.15) is 0 Å². The fraction of sp³-hybridized carbons (Fsp3) is 0.273. The third-order valence-corrected chi connectivity index (χ3v) is 3.39. The molecule has 3 nitrogen and oxygen atoms in total. The number of halogens is 2. The summed E-state index contributed by atoms with van der Waals surface area (Å²) in [4.78, 5) is 24.3. The summed E-state index contributed by atoms with van der Waals surface area (Å²) in [5.74, 6) is -0.996. The fourth-order valence-corrected chi connectivity index (χ4v) is 2.49. The molecule has 0 bridgehead atoms. The van der Waals surface area contributed by atoms with Crippen LogP contribution in [0.5, 0.6) is 0 Å². The number of likely N-dealkylation sites (tertiary alicyclic amines) is 1. The molecule has 1 aliphatic rings. The number of hydrogen-bond donors (Lipinski definition) is 0. The Balaban J connectivity index is 2.47. The van der Waals surface area contributed by atoms with Crippen LogP contribution >= 0.6 is 23.2 Å². The van der Waals surface area contributed by atoms with Gasteiger partial charge in [-0.15, -0.1) is 0 Å². The molecule has 0 aromatic heterocycles. The van der Waals surface area contributed by atoms with Gasteiger partial charge in [0, 0.05) is 29.1 Å². The van der Waals surface area contributed by atoms with Crippen molar-refractivity contribution in [3.05, 3.63) is 33.8 Å². The molecule has 1 fully saturated rings. The first-order valence-corrected chi connectivity index (χ1v) is 5.52. The normalized spacial score (nSPS) is 20.7. The number of likely N-dealkylation sites (N-methyl/N-ethyl adjacent to an activating group) is 1. The standard InChI is InChI=1S/C11H9Cl2NO2/c1-14-9(15)5-6(11(14)16)10-7(12)3-2-4-8(10)13/h2-4,6H,5H2,1H3. The van der Waals surface area contributed by atoms with Crippen molar-refractivity contribution in [3.63, 3.8) is 0 Å². The lowest BCUT2D eigenvalue weighted by atomic mass is 9.97. The number of amides is 2. The van der Waals surface area contributed by atoms with Crippen molar-refractivity contribution < 1.29 is 9.59 Å². The van der Waals surface area contributed by atoms with Gasteiger partial charge in [0.1, 0.15) is 0 Å². The summed E-state index contributed by atoms with van der Waals surface area (Å²) in [7, 11) is 1.47. The summed E-state index contributed by atoms with van der Waals surface area (Å²) in [5.41, 5.74) is 0.550. The van der Waals surface area contributed by atoms with Gasteiger partial charge >= 0.3 is 0 Å². The Kier molecular flexibility index (Phi) is 2.91. The minimum Gasteiger partial charge on any atom is -0.285 e. The van der Waals surface area contributed by atoms with Crippen molar-refractivity contribution in [3.8, 4) is 0 Å². The Morgan fingerprint density at radius 3 is 2.25 bits per heavy atom. The van der Waals surface area contributed by atoms with Crippen molar-refractivity contribution in [1.82, 2.24) is 4.90 Å². The van der Waals surface area contributed by atoms with E-state index in [1.165, 1.54) is 7.05 Å². The van der Waals surface area contributed by atoms with Gasteiger partial charge in [-0.1, -0.05) is 29.3 Å². The summed E-state index contributed by atoms with van der Waals surface area (Å²) >= 11 is 12.0. The fourth-order valence-electron chi connectivity index (χ4n) is 1.82. The number of rotatable bonds is 1. The minimum atomic E-state index is -0.543. The summed E-state index contributed by atoms with van der Waals surface area (Å²) in [6.07, 6.45) is 0.138. The highest BCUT2D eigenvalue weighted by atomic mass is 35.5. The van der Waals surface area contributed by atoms with Crippen LogP contribution in [0.3, 0.4) is 0 Å². The third kappa shape index (κ3) is 1.70. The van der Waals surface area contributed by atoms with Gasteiger partial charge in [0.2, 0.25) is 11.8 Å². The van der Waals surface area contributed by atoms with E-state index in [0.717, 1.165) is 4.90 Å². The Labute approximate surface area is 103 Å². The van der Waals surface area contributed by atoms with E-state index in [1.54, 1.807) is 18.2 Å². The molecule has 1 heterocycles. The smallest absolute Gasteiger partial charge is 0.237 e. The Morgan fingerprint density at radius 1 is 1.25 bits per heavy atom. The van der Waals surface area contributed by atoms with Crippen molar-refractivity contribution in [1.29, 1.82) is 0 Å². The first kappa shape index (κ1) is 11.4. The molecule has 5 heteroatoms. The van der Waals surface area contributed by atoms with Gasteiger partial charge in [0.05, 0.1) is 5.92 Å². The summed E-state index contributed by atoms with van der Waals surface area (Å²) in [5, 5.41) is 0.850. The van der Waals surface area contributed by atoms with E-state index < -0.39 is 5.92 Å². The molecule has 2 amide bonds. The Bertz CT molecular complexity index is 453. The molecule has 1 aromatic carbocycles. The zero-order chi connectivity index (χ0) is 11.9. The maximum atomic E-state index is 11.8. The lowest BCUT2D eigenvalue weighted by molar-refractivity contribution is -0.137.